The van der Waals surface area contributed by atoms with Gasteiger partial charge in [-0.25, -0.2) is 9.37 Å². The molecular formula is C14H11FN4. The van der Waals surface area contributed by atoms with Crippen LogP contribution in [-0.4, -0.2) is 9.97 Å². The molecule has 19 heavy (non-hydrogen) atoms. The smallest absolute Gasteiger partial charge is 0.222 e. The number of nitrogens with zero attached hydrogens (tertiary/aromatic N) is 2. The van der Waals surface area contributed by atoms with E-state index in [4.69, 9.17) is 11.5 Å². The first kappa shape index (κ1) is 11.4. The van der Waals surface area contributed by atoms with Crippen molar-refractivity contribution < 1.29 is 4.39 Å². The molecule has 3 aromatic rings. The summed E-state index contributed by atoms with van der Waals surface area (Å²) in [5.74, 6) is 0.119. The highest BCUT2D eigenvalue weighted by atomic mass is 19.1. The van der Waals surface area contributed by atoms with E-state index in [1.54, 1.807) is 24.3 Å². The summed E-state index contributed by atoms with van der Waals surface area (Å²) in [7, 11) is 0. The molecule has 0 spiro atoms. The van der Waals surface area contributed by atoms with Gasteiger partial charge < -0.3 is 11.5 Å². The molecule has 4 N–H and O–H groups in total. The number of nitrogens with two attached hydrogens (primary N) is 2. The second-order valence-electron chi connectivity index (χ2n) is 4.18. The van der Waals surface area contributed by atoms with Gasteiger partial charge in [-0.05, 0) is 17.5 Å². The summed E-state index contributed by atoms with van der Waals surface area (Å²) in [5.41, 5.74) is 12.6. The van der Waals surface area contributed by atoms with Crippen LogP contribution in [0.25, 0.3) is 22.0 Å². The maximum Gasteiger partial charge on any atom is 0.222 e. The SMILES string of the molecule is Nc1cc(-c2ccc(F)c3ccccc23)nc(N)n1. The van der Waals surface area contributed by atoms with E-state index in [2.05, 4.69) is 9.97 Å². The number of benzene rings is 2. The van der Waals surface area contributed by atoms with E-state index >= 15 is 0 Å². The van der Waals surface area contributed by atoms with Crippen LogP contribution in [0.2, 0.25) is 0 Å². The summed E-state index contributed by atoms with van der Waals surface area (Å²) in [4.78, 5) is 7.98. The molecule has 5 heteroatoms. The summed E-state index contributed by atoms with van der Waals surface area (Å²) in [6.45, 7) is 0. The number of hydrogen-bond acceptors (Lipinski definition) is 4. The Labute approximate surface area is 108 Å². The highest BCUT2D eigenvalue weighted by Crippen LogP contribution is 2.29. The van der Waals surface area contributed by atoms with Crippen molar-refractivity contribution in [3.05, 3.63) is 48.3 Å². The van der Waals surface area contributed by atoms with Crippen LogP contribution in [0.1, 0.15) is 0 Å². The van der Waals surface area contributed by atoms with Gasteiger partial charge >= 0.3 is 0 Å². The lowest BCUT2D eigenvalue weighted by molar-refractivity contribution is 0.640. The zero-order valence-corrected chi connectivity index (χ0v) is 9.97. The Morgan fingerprint density at radius 1 is 0.895 bits per heavy atom. The summed E-state index contributed by atoms with van der Waals surface area (Å²) in [6, 6.07) is 11.9. The van der Waals surface area contributed by atoms with Crippen molar-refractivity contribution in [2.45, 2.75) is 0 Å². The van der Waals surface area contributed by atoms with Crippen LogP contribution < -0.4 is 11.5 Å². The Hall–Kier alpha value is -2.69. The fourth-order valence-electron chi connectivity index (χ4n) is 2.11. The molecule has 1 heterocycles. The fourth-order valence-corrected chi connectivity index (χ4v) is 2.11. The van der Waals surface area contributed by atoms with Gasteiger partial charge in [0.15, 0.2) is 0 Å². The van der Waals surface area contributed by atoms with Gasteiger partial charge in [0.2, 0.25) is 5.95 Å². The van der Waals surface area contributed by atoms with E-state index in [-0.39, 0.29) is 17.6 Å². The van der Waals surface area contributed by atoms with Gasteiger partial charge in [0.25, 0.3) is 0 Å². The molecule has 0 atom stereocenters. The van der Waals surface area contributed by atoms with Crippen LogP contribution >= 0.6 is 0 Å². The van der Waals surface area contributed by atoms with Gasteiger partial charge in [-0.3, -0.25) is 0 Å². The topological polar surface area (TPSA) is 77.8 Å². The van der Waals surface area contributed by atoms with E-state index in [0.29, 0.717) is 11.1 Å². The second-order valence-corrected chi connectivity index (χ2v) is 4.18. The number of fused-ring (bicyclic) bond motifs is 1. The molecule has 0 fully saturated rings. The van der Waals surface area contributed by atoms with Crippen molar-refractivity contribution in [3.8, 4) is 11.3 Å². The van der Waals surface area contributed by atoms with Gasteiger partial charge in [-0.15, -0.1) is 0 Å². The molecular weight excluding hydrogens is 243 g/mol. The van der Waals surface area contributed by atoms with Gasteiger partial charge in [0.05, 0.1) is 5.69 Å². The lowest BCUT2D eigenvalue weighted by Crippen LogP contribution is -2.00. The molecule has 0 aliphatic heterocycles. The second kappa shape index (κ2) is 4.20. The molecule has 0 aliphatic rings. The Morgan fingerprint density at radius 3 is 2.37 bits per heavy atom. The minimum Gasteiger partial charge on any atom is -0.384 e. The van der Waals surface area contributed by atoms with Crippen LogP contribution in [-0.2, 0) is 0 Å². The van der Waals surface area contributed by atoms with Crippen molar-refractivity contribution in [3.63, 3.8) is 0 Å². The maximum absolute atomic E-state index is 13.8. The number of anilines is 2. The van der Waals surface area contributed by atoms with E-state index in [0.717, 1.165) is 10.9 Å². The van der Waals surface area contributed by atoms with Crippen LogP contribution in [0.15, 0.2) is 42.5 Å². The first-order chi connectivity index (χ1) is 9.15. The van der Waals surface area contributed by atoms with Crippen molar-refractivity contribution in [1.82, 2.24) is 9.97 Å². The number of halogens is 1. The molecule has 0 radical (unpaired) electrons. The molecule has 0 saturated heterocycles. The molecule has 0 aliphatic carbocycles. The lowest BCUT2D eigenvalue weighted by atomic mass is 10.0. The average Bonchev–Trinajstić information content (AvgIpc) is 2.38. The molecule has 1 aromatic heterocycles. The summed E-state index contributed by atoms with van der Waals surface area (Å²) >= 11 is 0. The fraction of sp³-hybridized carbons (Fsp3) is 0. The van der Waals surface area contributed by atoms with Crippen molar-refractivity contribution in [2.24, 2.45) is 0 Å². The number of nitrogen functional groups attached to an aromatic ring is 2. The molecule has 2 aromatic carbocycles. The van der Waals surface area contributed by atoms with Crippen LogP contribution in [0.5, 0.6) is 0 Å². The number of hydrogen-bond donors (Lipinski definition) is 2. The Bertz CT molecular complexity index is 750. The van der Waals surface area contributed by atoms with Crippen LogP contribution in [0.3, 0.4) is 0 Å². The predicted molar refractivity (Wildman–Crippen MR) is 73.8 cm³/mol. The number of aromatic nitrogens is 2. The quantitative estimate of drug-likeness (QED) is 0.699. The van der Waals surface area contributed by atoms with Crippen molar-refractivity contribution in [2.75, 3.05) is 11.5 Å². The summed E-state index contributed by atoms with van der Waals surface area (Å²) in [6.07, 6.45) is 0. The summed E-state index contributed by atoms with van der Waals surface area (Å²) < 4.78 is 13.8. The summed E-state index contributed by atoms with van der Waals surface area (Å²) in [5, 5.41) is 1.30. The van der Waals surface area contributed by atoms with Gasteiger partial charge in [0, 0.05) is 17.0 Å². The van der Waals surface area contributed by atoms with Crippen molar-refractivity contribution >= 4 is 22.5 Å². The molecule has 0 bridgehead atoms. The van der Waals surface area contributed by atoms with Gasteiger partial charge in [0.1, 0.15) is 11.6 Å². The van der Waals surface area contributed by atoms with E-state index in [9.17, 15) is 4.39 Å². The molecule has 4 nitrogen and oxygen atoms in total. The monoisotopic (exact) mass is 254 g/mol. The Kier molecular flexibility index (Phi) is 2.52. The highest BCUT2D eigenvalue weighted by molar-refractivity contribution is 5.96. The van der Waals surface area contributed by atoms with E-state index in [1.807, 2.05) is 12.1 Å². The Morgan fingerprint density at radius 2 is 1.63 bits per heavy atom. The Balaban J connectivity index is 2.34. The molecule has 3 rings (SSSR count). The van der Waals surface area contributed by atoms with E-state index < -0.39 is 0 Å². The molecule has 0 amide bonds. The average molecular weight is 254 g/mol. The van der Waals surface area contributed by atoms with Crippen LogP contribution in [0.4, 0.5) is 16.2 Å². The first-order valence-electron chi connectivity index (χ1n) is 5.73. The van der Waals surface area contributed by atoms with Gasteiger partial charge in [-0.2, -0.15) is 4.98 Å². The van der Waals surface area contributed by atoms with E-state index in [1.165, 1.54) is 6.07 Å². The molecule has 0 unspecified atom stereocenters. The maximum atomic E-state index is 13.8. The minimum atomic E-state index is -0.269. The molecule has 94 valence electrons. The first-order valence-corrected chi connectivity index (χ1v) is 5.73. The molecule has 0 saturated carbocycles. The predicted octanol–water partition coefficient (Wildman–Crippen LogP) is 2.60. The zero-order valence-electron chi connectivity index (χ0n) is 9.97. The van der Waals surface area contributed by atoms with Crippen LogP contribution in [0, 0.1) is 5.82 Å². The number of rotatable bonds is 1. The third kappa shape index (κ3) is 1.95. The zero-order chi connectivity index (χ0) is 13.4. The standard InChI is InChI=1S/C14H11FN4/c15-11-6-5-10(8-3-1-2-4-9(8)11)12-7-13(16)19-14(17)18-12/h1-7H,(H4,16,17,18,19). The van der Waals surface area contributed by atoms with Gasteiger partial charge in [-0.1, -0.05) is 24.3 Å². The largest absolute Gasteiger partial charge is 0.384 e. The minimum absolute atomic E-state index is 0.100. The van der Waals surface area contributed by atoms with Crippen molar-refractivity contribution in [1.29, 1.82) is 0 Å². The lowest BCUT2D eigenvalue weighted by Gasteiger charge is -2.08. The third-order valence-corrected chi connectivity index (χ3v) is 2.91. The third-order valence-electron chi connectivity index (χ3n) is 2.91. The normalized spacial score (nSPS) is 10.8. The highest BCUT2D eigenvalue weighted by Gasteiger charge is 2.09.